The minimum atomic E-state index is -0.399. The Bertz CT molecular complexity index is 407. The van der Waals surface area contributed by atoms with E-state index in [4.69, 9.17) is 27.4 Å². The SMILES string of the molecule is COC(CN(C(N)=S)c1cc(Br)cc(Br)c1)OC. The van der Waals surface area contributed by atoms with Crippen LogP contribution < -0.4 is 10.6 Å². The van der Waals surface area contributed by atoms with Gasteiger partial charge in [0.05, 0.1) is 6.54 Å². The van der Waals surface area contributed by atoms with E-state index in [2.05, 4.69) is 31.9 Å². The maximum absolute atomic E-state index is 5.74. The number of methoxy groups -OCH3 is 2. The molecule has 0 aliphatic carbocycles. The van der Waals surface area contributed by atoms with Crippen molar-refractivity contribution in [3.63, 3.8) is 0 Å². The van der Waals surface area contributed by atoms with E-state index in [-0.39, 0.29) is 5.11 Å². The number of thiocarbonyl (C=S) groups is 1. The zero-order valence-corrected chi connectivity index (χ0v) is 14.0. The first-order valence-corrected chi connectivity index (χ1v) is 7.06. The Morgan fingerprint density at radius 3 is 2.17 bits per heavy atom. The predicted octanol–water partition coefficient (Wildman–Crippen LogP) is 2.88. The van der Waals surface area contributed by atoms with Crippen LogP contribution in [-0.4, -0.2) is 32.2 Å². The van der Waals surface area contributed by atoms with Crippen LogP contribution in [0.15, 0.2) is 27.1 Å². The highest BCUT2D eigenvalue weighted by atomic mass is 79.9. The third-order valence-corrected chi connectivity index (χ3v) is 3.42. The number of benzene rings is 1. The molecule has 18 heavy (non-hydrogen) atoms. The van der Waals surface area contributed by atoms with Crippen LogP contribution in [0.1, 0.15) is 0 Å². The number of nitrogens with zero attached hydrogens (tertiary/aromatic N) is 1. The highest BCUT2D eigenvalue weighted by molar-refractivity contribution is 9.11. The summed E-state index contributed by atoms with van der Waals surface area (Å²) in [6.07, 6.45) is -0.399. The Kier molecular flexibility index (Phi) is 6.51. The van der Waals surface area contributed by atoms with Gasteiger partial charge in [0, 0.05) is 28.9 Å². The molecular formula is C11H14Br2N2O2S. The van der Waals surface area contributed by atoms with Crippen molar-refractivity contribution < 1.29 is 9.47 Å². The van der Waals surface area contributed by atoms with Gasteiger partial charge in [0.2, 0.25) is 0 Å². The lowest BCUT2D eigenvalue weighted by Crippen LogP contribution is -2.42. The molecule has 1 aromatic rings. The van der Waals surface area contributed by atoms with Crippen molar-refractivity contribution in [1.29, 1.82) is 0 Å². The number of ether oxygens (including phenoxy) is 2. The molecule has 0 aliphatic heterocycles. The second-order valence-electron chi connectivity index (χ2n) is 3.48. The Morgan fingerprint density at radius 2 is 1.78 bits per heavy atom. The summed E-state index contributed by atoms with van der Waals surface area (Å²) < 4.78 is 12.2. The largest absolute Gasteiger partial charge is 0.376 e. The normalized spacial score (nSPS) is 10.7. The molecule has 0 amide bonds. The van der Waals surface area contributed by atoms with E-state index in [0.29, 0.717) is 6.54 Å². The van der Waals surface area contributed by atoms with Crippen molar-refractivity contribution in [2.45, 2.75) is 6.29 Å². The fourth-order valence-electron chi connectivity index (χ4n) is 1.41. The van der Waals surface area contributed by atoms with Gasteiger partial charge in [-0.25, -0.2) is 0 Å². The summed E-state index contributed by atoms with van der Waals surface area (Å²) in [5.41, 5.74) is 6.61. The van der Waals surface area contributed by atoms with Gasteiger partial charge in [-0.2, -0.15) is 0 Å². The first kappa shape index (κ1) is 15.8. The molecule has 0 bridgehead atoms. The number of halogens is 2. The van der Waals surface area contributed by atoms with Crippen LogP contribution in [0.4, 0.5) is 5.69 Å². The smallest absolute Gasteiger partial charge is 0.174 e. The molecule has 0 radical (unpaired) electrons. The zero-order chi connectivity index (χ0) is 13.7. The number of nitrogens with two attached hydrogens (primary N) is 1. The Hall–Kier alpha value is -0.210. The van der Waals surface area contributed by atoms with Crippen molar-refractivity contribution in [3.05, 3.63) is 27.1 Å². The van der Waals surface area contributed by atoms with Crippen LogP contribution in [0.25, 0.3) is 0 Å². The molecule has 100 valence electrons. The standard InChI is InChI=1S/C11H14Br2N2O2S/c1-16-10(17-2)6-15(11(14)18)9-4-7(12)3-8(13)5-9/h3-5,10H,6H2,1-2H3,(H2,14,18). The molecule has 0 heterocycles. The number of rotatable bonds is 5. The van der Waals surface area contributed by atoms with Crippen molar-refractivity contribution in [2.75, 3.05) is 25.7 Å². The molecule has 0 unspecified atom stereocenters. The third-order valence-electron chi connectivity index (χ3n) is 2.28. The minimum absolute atomic E-state index is 0.263. The highest BCUT2D eigenvalue weighted by Gasteiger charge is 2.16. The molecule has 0 saturated heterocycles. The maximum Gasteiger partial charge on any atom is 0.174 e. The van der Waals surface area contributed by atoms with Crippen LogP contribution >= 0.6 is 44.1 Å². The molecule has 2 N–H and O–H groups in total. The number of hydrogen-bond donors (Lipinski definition) is 1. The lowest BCUT2D eigenvalue weighted by Gasteiger charge is -2.26. The summed E-state index contributed by atoms with van der Waals surface area (Å²) in [5, 5.41) is 0.263. The molecule has 0 atom stereocenters. The number of anilines is 1. The molecule has 0 aromatic heterocycles. The van der Waals surface area contributed by atoms with E-state index in [1.54, 1.807) is 19.1 Å². The summed E-state index contributed by atoms with van der Waals surface area (Å²) >= 11 is 11.9. The van der Waals surface area contributed by atoms with E-state index >= 15 is 0 Å². The fourth-order valence-corrected chi connectivity index (χ4v) is 2.86. The van der Waals surface area contributed by atoms with E-state index in [0.717, 1.165) is 14.6 Å². The van der Waals surface area contributed by atoms with Crippen LogP contribution in [-0.2, 0) is 9.47 Å². The minimum Gasteiger partial charge on any atom is -0.376 e. The molecule has 0 fully saturated rings. The van der Waals surface area contributed by atoms with E-state index < -0.39 is 6.29 Å². The van der Waals surface area contributed by atoms with Crippen molar-refractivity contribution in [2.24, 2.45) is 5.73 Å². The van der Waals surface area contributed by atoms with Crippen molar-refractivity contribution in [3.8, 4) is 0 Å². The van der Waals surface area contributed by atoms with Gasteiger partial charge in [-0.3, -0.25) is 0 Å². The average Bonchev–Trinajstić information content (AvgIpc) is 2.28. The summed E-state index contributed by atoms with van der Waals surface area (Å²) in [7, 11) is 3.14. The molecule has 0 aliphatic rings. The maximum atomic E-state index is 5.74. The Balaban J connectivity index is 3.00. The van der Waals surface area contributed by atoms with E-state index in [1.807, 2.05) is 18.2 Å². The summed E-state index contributed by atoms with van der Waals surface area (Å²) in [6, 6.07) is 5.78. The van der Waals surface area contributed by atoms with Gasteiger partial charge >= 0.3 is 0 Å². The topological polar surface area (TPSA) is 47.7 Å². The van der Waals surface area contributed by atoms with Crippen LogP contribution in [0, 0.1) is 0 Å². The lowest BCUT2D eigenvalue weighted by molar-refractivity contribution is -0.0935. The molecular weight excluding hydrogens is 384 g/mol. The van der Waals surface area contributed by atoms with E-state index in [9.17, 15) is 0 Å². The highest BCUT2D eigenvalue weighted by Crippen LogP contribution is 2.26. The summed E-state index contributed by atoms with van der Waals surface area (Å²) in [5.74, 6) is 0. The Morgan fingerprint density at radius 1 is 1.28 bits per heavy atom. The van der Waals surface area contributed by atoms with Gasteiger partial charge in [0.1, 0.15) is 0 Å². The number of hydrogen-bond acceptors (Lipinski definition) is 3. The van der Waals surface area contributed by atoms with Gasteiger partial charge < -0.3 is 20.1 Å². The first-order chi connectivity index (χ1) is 8.47. The molecule has 4 nitrogen and oxygen atoms in total. The fraction of sp³-hybridized carbons (Fsp3) is 0.364. The molecule has 0 saturated carbocycles. The van der Waals surface area contributed by atoms with Crippen LogP contribution in [0.3, 0.4) is 0 Å². The summed E-state index contributed by atoms with van der Waals surface area (Å²) in [4.78, 5) is 1.75. The van der Waals surface area contributed by atoms with Crippen molar-refractivity contribution in [1.82, 2.24) is 0 Å². The van der Waals surface area contributed by atoms with Gasteiger partial charge in [0.25, 0.3) is 0 Å². The second kappa shape index (κ2) is 7.40. The van der Waals surface area contributed by atoms with Gasteiger partial charge in [-0.05, 0) is 30.4 Å². The van der Waals surface area contributed by atoms with Crippen molar-refractivity contribution >= 4 is 54.9 Å². The van der Waals surface area contributed by atoms with E-state index in [1.165, 1.54) is 0 Å². The molecule has 7 heteroatoms. The lowest BCUT2D eigenvalue weighted by atomic mass is 10.3. The average molecular weight is 398 g/mol. The van der Waals surface area contributed by atoms with Gasteiger partial charge in [0.15, 0.2) is 11.4 Å². The second-order valence-corrected chi connectivity index (χ2v) is 5.73. The molecule has 1 rings (SSSR count). The summed E-state index contributed by atoms with van der Waals surface area (Å²) in [6.45, 7) is 0.422. The predicted molar refractivity (Wildman–Crippen MR) is 83.8 cm³/mol. The molecule has 1 aromatic carbocycles. The van der Waals surface area contributed by atoms with Crippen LogP contribution in [0.2, 0.25) is 0 Å². The molecule has 0 spiro atoms. The van der Waals surface area contributed by atoms with Gasteiger partial charge in [-0.1, -0.05) is 31.9 Å². The first-order valence-electron chi connectivity index (χ1n) is 5.06. The third kappa shape index (κ3) is 4.47. The zero-order valence-electron chi connectivity index (χ0n) is 10.0. The Labute approximate surface area is 129 Å². The van der Waals surface area contributed by atoms with Crippen LogP contribution in [0.5, 0.6) is 0 Å². The van der Waals surface area contributed by atoms with Gasteiger partial charge in [-0.15, -0.1) is 0 Å². The quantitative estimate of drug-likeness (QED) is 0.611. The monoisotopic (exact) mass is 396 g/mol.